The van der Waals surface area contributed by atoms with Crippen molar-refractivity contribution in [3.63, 3.8) is 0 Å². The van der Waals surface area contributed by atoms with Crippen molar-refractivity contribution in [2.45, 2.75) is 16.1 Å². The van der Waals surface area contributed by atoms with Crippen LogP contribution < -0.4 is 0 Å². The number of H-pyrrole nitrogens is 1. The van der Waals surface area contributed by atoms with E-state index in [1.807, 2.05) is 0 Å². The van der Waals surface area contributed by atoms with Crippen LogP contribution in [0.4, 0.5) is 0 Å². The Labute approximate surface area is 135 Å². The van der Waals surface area contributed by atoms with E-state index in [1.165, 1.54) is 30.2 Å². The first kappa shape index (κ1) is 15.8. The molecule has 0 amide bonds. The van der Waals surface area contributed by atoms with Gasteiger partial charge in [0.05, 0.1) is 4.90 Å². The zero-order valence-electron chi connectivity index (χ0n) is 11.9. The van der Waals surface area contributed by atoms with E-state index in [1.54, 1.807) is 18.2 Å². The highest BCUT2D eigenvalue weighted by Crippen LogP contribution is 2.30. The van der Waals surface area contributed by atoms with Crippen molar-refractivity contribution in [1.29, 1.82) is 0 Å². The van der Waals surface area contributed by atoms with E-state index in [0.717, 1.165) is 0 Å². The molecule has 1 aromatic carbocycles. The Balaban J connectivity index is 1.97. The molecule has 0 bridgehead atoms. The number of hydrogen-bond acceptors (Lipinski definition) is 8. The second-order valence-electron chi connectivity index (χ2n) is 4.62. The van der Waals surface area contributed by atoms with Gasteiger partial charge in [0.15, 0.2) is 6.10 Å². The van der Waals surface area contributed by atoms with E-state index >= 15 is 0 Å². The fourth-order valence-corrected chi connectivity index (χ4v) is 3.17. The smallest absolute Gasteiger partial charge is 0.239 e. The molecule has 2 aromatic heterocycles. The lowest BCUT2D eigenvalue weighted by molar-refractivity contribution is 0.225. The maximum atomic E-state index is 12.5. The number of aliphatic hydroxyl groups excluding tert-OH is 1. The molecule has 1 unspecified atom stereocenters. The predicted molar refractivity (Wildman–Crippen MR) is 78.8 cm³/mol. The molecule has 1 atom stereocenters. The lowest BCUT2D eigenvalue weighted by Gasteiger charge is -2.05. The number of nitrogens with zero attached hydrogens (tertiary/aromatic N) is 3. The highest BCUT2D eigenvalue weighted by molar-refractivity contribution is 7.91. The van der Waals surface area contributed by atoms with Crippen LogP contribution in [-0.4, -0.2) is 40.1 Å². The Morgan fingerprint density at radius 3 is 2.58 bits per heavy atom. The lowest BCUT2D eigenvalue weighted by Crippen LogP contribution is -2.04. The summed E-state index contributed by atoms with van der Waals surface area (Å²) in [6.07, 6.45) is -1.56. The number of aromatic amines is 1. The Hall–Kier alpha value is -3.07. The van der Waals surface area contributed by atoms with E-state index in [2.05, 4.69) is 20.6 Å². The number of tetrazole rings is 1. The Kier molecular flexibility index (Phi) is 4.09. The van der Waals surface area contributed by atoms with E-state index in [0.29, 0.717) is 0 Å². The average molecular weight is 346 g/mol. The number of sulfone groups is 1. The van der Waals surface area contributed by atoms with Gasteiger partial charge in [-0.25, -0.2) is 13.2 Å². The van der Waals surface area contributed by atoms with Gasteiger partial charge in [-0.1, -0.05) is 23.4 Å². The molecule has 0 fully saturated rings. The molecule has 0 saturated carbocycles. The van der Waals surface area contributed by atoms with Crippen molar-refractivity contribution in [3.05, 3.63) is 54.0 Å². The van der Waals surface area contributed by atoms with Gasteiger partial charge in [0.25, 0.3) is 0 Å². The molecule has 2 N–H and O–H groups in total. The van der Waals surface area contributed by atoms with Gasteiger partial charge in [-0.2, -0.15) is 5.21 Å². The fourth-order valence-electron chi connectivity index (χ4n) is 1.98. The van der Waals surface area contributed by atoms with Crippen LogP contribution >= 0.6 is 0 Å². The zero-order valence-corrected chi connectivity index (χ0v) is 12.8. The van der Waals surface area contributed by atoms with Crippen LogP contribution in [0.3, 0.4) is 0 Å². The first-order valence-electron chi connectivity index (χ1n) is 6.61. The molecular weight excluding hydrogens is 336 g/mol. The molecule has 24 heavy (non-hydrogen) atoms. The normalized spacial score (nSPS) is 12.5. The molecule has 0 spiro atoms. The summed E-state index contributed by atoms with van der Waals surface area (Å²) < 4.78 is 30.1. The minimum atomic E-state index is -3.88. The van der Waals surface area contributed by atoms with Gasteiger partial charge in [0.1, 0.15) is 17.3 Å². The monoisotopic (exact) mass is 346 g/mol. The van der Waals surface area contributed by atoms with Gasteiger partial charge >= 0.3 is 0 Å². The second kappa shape index (κ2) is 6.20. The molecule has 0 aliphatic heterocycles. The highest BCUT2D eigenvalue weighted by atomic mass is 32.2. The number of aromatic nitrogens is 4. The third kappa shape index (κ3) is 2.76. The van der Waals surface area contributed by atoms with Crippen LogP contribution in [0.5, 0.6) is 0 Å². The van der Waals surface area contributed by atoms with Crippen LogP contribution in [0.15, 0.2) is 56.9 Å². The predicted octanol–water partition coefficient (Wildman–Crippen LogP) is 0.574. The van der Waals surface area contributed by atoms with Gasteiger partial charge < -0.3 is 9.52 Å². The summed E-state index contributed by atoms with van der Waals surface area (Å²) in [5.41, 5.74) is -0.342. The summed E-state index contributed by atoms with van der Waals surface area (Å²) in [4.78, 5) is 11.2. The average Bonchev–Trinajstić information content (AvgIpc) is 3.28. The maximum absolute atomic E-state index is 12.5. The summed E-state index contributed by atoms with van der Waals surface area (Å²) in [6.45, 7) is 0. The van der Waals surface area contributed by atoms with E-state index in [9.17, 15) is 18.3 Å². The van der Waals surface area contributed by atoms with Gasteiger partial charge in [-0.05, 0) is 24.3 Å². The summed E-state index contributed by atoms with van der Waals surface area (Å²) in [5, 5.41) is 22.2. The third-order valence-corrected chi connectivity index (χ3v) is 4.80. The Bertz CT molecular complexity index is 989. The quantitative estimate of drug-likeness (QED) is 0.639. The minimum absolute atomic E-state index is 0.0428. The molecule has 10 heteroatoms. The van der Waals surface area contributed by atoms with Crippen LogP contribution in [0.1, 0.15) is 17.7 Å². The number of carbonyl (C=O) groups excluding carboxylic acids is 1. The van der Waals surface area contributed by atoms with Gasteiger partial charge in [-0.15, -0.1) is 10.2 Å². The van der Waals surface area contributed by atoms with Crippen molar-refractivity contribution in [3.8, 4) is 0 Å². The SMILES string of the molecule is O=C=C(c1ccc(S(=O)(=O)c2ccccc2)o1)C(O)c1nn[nH]n1. The molecule has 122 valence electrons. The number of nitrogens with one attached hydrogen (secondary N) is 1. The minimum Gasteiger partial charge on any atom is -0.444 e. The largest absolute Gasteiger partial charge is 0.444 e. The molecule has 2 heterocycles. The number of furan rings is 1. The summed E-state index contributed by atoms with van der Waals surface area (Å²) in [5.74, 6) is 1.19. The Morgan fingerprint density at radius 2 is 1.96 bits per heavy atom. The van der Waals surface area contributed by atoms with Crippen molar-refractivity contribution in [2.75, 3.05) is 0 Å². The first-order chi connectivity index (χ1) is 11.5. The van der Waals surface area contributed by atoms with Crippen molar-refractivity contribution >= 4 is 21.4 Å². The maximum Gasteiger partial charge on any atom is 0.239 e. The van der Waals surface area contributed by atoms with Gasteiger partial charge in [0.2, 0.25) is 20.8 Å². The zero-order chi connectivity index (χ0) is 17.2. The standard InChI is InChI=1S/C14H10N4O5S/c19-8-10(13(20)14-15-17-18-16-14)11-6-7-12(23-11)24(21,22)9-4-2-1-3-5-9/h1-7,13,20H,(H,15,16,17,18). The fraction of sp³-hybridized carbons (Fsp3) is 0.0714. The van der Waals surface area contributed by atoms with E-state index in [-0.39, 0.29) is 27.1 Å². The van der Waals surface area contributed by atoms with Crippen LogP contribution in [0.25, 0.3) is 5.57 Å². The second-order valence-corrected chi connectivity index (χ2v) is 6.50. The summed E-state index contributed by atoms with van der Waals surface area (Å²) >= 11 is 0. The molecule has 0 saturated heterocycles. The molecule has 3 aromatic rings. The van der Waals surface area contributed by atoms with Crippen molar-refractivity contribution in [1.82, 2.24) is 20.6 Å². The molecule has 0 radical (unpaired) electrons. The summed E-state index contributed by atoms with van der Waals surface area (Å²) in [7, 11) is -3.88. The topological polar surface area (TPSA) is 139 Å². The van der Waals surface area contributed by atoms with Crippen LogP contribution in [-0.2, 0) is 14.6 Å². The number of rotatable bonds is 5. The van der Waals surface area contributed by atoms with Crippen molar-refractivity contribution in [2.24, 2.45) is 0 Å². The summed E-state index contributed by atoms with van der Waals surface area (Å²) in [6, 6.07) is 10.1. The first-order valence-corrected chi connectivity index (χ1v) is 8.09. The third-order valence-electron chi connectivity index (χ3n) is 3.15. The van der Waals surface area contributed by atoms with Crippen LogP contribution in [0, 0.1) is 0 Å². The van der Waals surface area contributed by atoms with Crippen molar-refractivity contribution < 1.29 is 22.7 Å². The number of benzene rings is 1. The number of aliphatic hydroxyl groups is 1. The Morgan fingerprint density at radius 1 is 1.21 bits per heavy atom. The van der Waals surface area contributed by atoms with Gasteiger partial charge in [0, 0.05) is 0 Å². The number of hydrogen-bond donors (Lipinski definition) is 2. The molecule has 0 aliphatic rings. The molecular formula is C14H10N4O5S. The van der Waals surface area contributed by atoms with Gasteiger partial charge in [-0.3, -0.25) is 0 Å². The van der Waals surface area contributed by atoms with E-state index in [4.69, 9.17) is 4.42 Å². The molecule has 0 aliphatic carbocycles. The lowest BCUT2D eigenvalue weighted by atomic mass is 10.1. The highest BCUT2D eigenvalue weighted by Gasteiger charge is 2.27. The van der Waals surface area contributed by atoms with Crippen LogP contribution in [0.2, 0.25) is 0 Å². The molecule has 9 nitrogen and oxygen atoms in total. The van der Waals surface area contributed by atoms with E-state index < -0.39 is 15.9 Å². The molecule has 3 rings (SSSR count).